The number of aryl methyl sites for hydroxylation is 2. The molecule has 1 heterocycles. The average molecular weight is 600 g/mol. The molecular formula is C29H31IrN2-. The Morgan fingerprint density at radius 3 is 1.94 bits per heavy atom. The Morgan fingerprint density at radius 2 is 1.41 bits per heavy atom. The first-order valence-electron chi connectivity index (χ1n) is 11.1. The van der Waals surface area contributed by atoms with Crippen LogP contribution in [-0.2, 0) is 20.1 Å². The fourth-order valence-electron chi connectivity index (χ4n) is 4.36. The summed E-state index contributed by atoms with van der Waals surface area (Å²) < 4.78 is 2.25. The normalized spacial score (nSPS) is 11.1. The Morgan fingerprint density at radius 1 is 0.812 bits per heavy atom. The fourth-order valence-corrected chi connectivity index (χ4v) is 4.36. The van der Waals surface area contributed by atoms with E-state index in [1.165, 1.54) is 39.1 Å². The van der Waals surface area contributed by atoms with Crippen molar-refractivity contribution < 1.29 is 20.1 Å². The van der Waals surface area contributed by atoms with Gasteiger partial charge >= 0.3 is 0 Å². The summed E-state index contributed by atoms with van der Waals surface area (Å²) in [6, 6.07) is 23.0. The minimum absolute atomic E-state index is 0. The number of hydrogen-bond donors (Lipinski definition) is 0. The van der Waals surface area contributed by atoms with Crippen LogP contribution in [0.2, 0.25) is 0 Å². The summed E-state index contributed by atoms with van der Waals surface area (Å²) in [4.78, 5) is 4.70. The van der Waals surface area contributed by atoms with Gasteiger partial charge in [0.1, 0.15) is 0 Å². The summed E-state index contributed by atoms with van der Waals surface area (Å²) in [5.74, 6) is 1.70. The van der Waals surface area contributed by atoms with Crippen molar-refractivity contribution in [3.63, 3.8) is 0 Å². The van der Waals surface area contributed by atoms with Gasteiger partial charge in [-0.2, -0.15) is 0 Å². The van der Waals surface area contributed by atoms with Crippen LogP contribution in [0.25, 0.3) is 28.2 Å². The third-order valence-corrected chi connectivity index (χ3v) is 5.80. The van der Waals surface area contributed by atoms with E-state index in [0.717, 1.165) is 11.4 Å². The second-order valence-electron chi connectivity index (χ2n) is 9.09. The molecule has 167 valence electrons. The maximum Gasteiger partial charge on any atom is 0.0602 e. The molecular weight excluding hydrogens is 569 g/mol. The van der Waals surface area contributed by atoms with Crippen molar-refractivity contribution in [1.29, 1.82) is 0 Å². The third-order valence-electron chi connectivity index (χ3n) is 5.80. The molecule has 0 saturated heterocycles. The van der Waals surface area contributed by atoms with Crippen molar-refractivity contribution in [3.8, 4) is 28.2 Å². The molecule has 2 nitrogen and oxygen atoms in total. The van der Waals surface area contributed by atoms with Gasteiger partial charge in [0, 0.05) is 38.2 Å². The van der Waals surface area contributed by atoms with Gasteiger partial charge in [0.05, 0.1) is 5.82 Å². The predicted molar refractivity (Wildman–Crippen MR) is 131 cm³/mol. The Kier molecular flexibility index (Phi) is 7.54. The van der Waals surface area contributed by atoms with E-state index >= 15 is 0 Å². The van der Waals surface area contributed by atoms with Crippen molar-refractivity contribution in [3.05, 3.63) is 95.3 Å². The summed E-state index contributed by atoms with van der Waals surface area (Å²) in [5, 5.41) is 0. The molecule has 0 N–H and O–H groups in total. The van der Waals surface area contributed by atoms with E-state index in [-0.39, 0.29) is 20.1 Å². The molecule has 0 fully saturated rings. The van der Waals surface area contributed by atoms with Gasteiger partial charge < -0.3 is 4.57 Å². The molecule has 0 unspecified atom stereocenters. The van der Waals surface area contributed by atoms with Crippen LogP contribution in [0.15, 0.2) is 67.0 Å². The summed E-state index contributed by atoms with van der Waals surface area (Å²) in [6.45, 7) is 13.5. The Balaban J connectivity index is 0.00000289. The number of nitrogens with zero attached hydrogens (tertiary/aromatic N) is 2. The Bertz CT molecular complexity index is 1150. The molecule has 0 amide bonds. The predicted octanol–water partition coefficient (Wildman–Crippen LogP) is 7.87. The Hall–Kier alpha value is -2.48. The first kappa shape index (κ1) is 24.2. The van der Waals surface area contributed by atoms with Crippen LogP contribution in [0.5, 0.6) is 0 Å². The van der Waals surface area contributed by atoms with Crippen LogP contribution in [0, 0.1) is 19.9 Å². The van der Waals surface area contributed by atoms with Gasteiger partial charge in [-0.25, -0.2) is 0 Å². The van der Waals surface area contributed by atoms with Crippen molar-refractivity contribution in [1.82, 2.24) is 9.55 Å². The van der Waals surface area contributed by atoms with E-state index < -0.39 is 0 Å². The molecule has 32 heavy (non-hydrogen) atoms. The van der Waals surface area contributed by atoms with Crippen LogP contribution < -0.4 is 0 Å². The van der Waals surface area contributed by atoms with Crippen LogP contribution in [-0.4, -0.2) is 9.55 Å². The molecule has 4 rings (SSSR count). The smallest absolute Gasteiger partial charge is 0.0602 e. The zero-order chi connectivity index (χ0) is 22.1. The van der Waals surface area contributed by atoms with Crippen LogP contribution in [0.3, 0.4) is 0 Å². The molecule has 0 saturated carbocycles. The molecule has 0 bridgehead atoms. The van der Waals surface area contributed by atoms with Gasteiger partial charge in [-0.1, -0.05) is 57.0 Å². The molecule has 3 heteroatoms. The maximum atomic E-state index is 4.70. The monoisotopic (exact) mass is 600 g/mol. The molecule has 0 aliphatic carbocycles. The molecule has 0 aliphatic heterocycles. The van der Waals surface area contributed by atoms with Gasteiger partial charge in [0.25, 0.3) is 0 Å². The molecule has 3 aromatic carbocycles. The average Bonchev–Trinajstić information content (AvgIpc) is 3.22. The van der Waals surface area contributed by atoms with Gasteiger partial charge in [-0.15, -0.1) is 35.9 Å². The van der Waals surface area contributed by atoms with Gasteiger partial charge in [0.15, 0.2) is 0 Å². The van der Waals surface area contributed by atoms with E-state index in [0.29, 0.717) is 11.8 Å². The van der Waals surface area contributed by atoms with Crippen molar-refractivity contribution in [2.75, 3.05) is 0 Å². The van der Waals surface area contributed by atoms with Crippen LogP contribution >= 0.6 is 0 Å². The second kappa shape index (κ2) is 9.98. The third kappa shape index (κ3) is 4.80. The van der Waals surface area contributed by atoms with E-state index in [4.69, 9.17) is 4.98 Å². The minimum Gasteiger partial charge on any atom is -0.340 e. The molecule has 1 aromatic heterocycles. The van der Waals surface area contributed by atoms with Crippen LogP contribution in [0.4, 0.5) is 0 Å². The van der Waals surface area contributed by atoms with E-state index in [1.54, 1.807) is 0 Å². The van der Waals surface area contributed by atoms with Crippen molar-refractivity contribution in [2.24, 2.45) is 0 Å². The summed E-state index contributed by atoms with van der Waals surface area (Å²) in [7, 11) is 0. The fraction of sp³-hybridized carbons (Fsp3) is 0.276. The quantitative estimate of drug-likeness (QED) is 0.214. The number of imidazole rings is 1. The number of benzene rings is 3. The zero-order valence-electron chi connectivity index (χ0n) is 19.7. The SMILES string of the molecule is Cc1cc(C)cc(-c2cc(C(C)C)c(-n3ccnc3-c3[c-]cccc3)c(C(C)C)c2)c1.[Ir]. The van der Waals surface area contributed by atoms with E-state index in [9.17, 15) is 0 Å². The zero-order valence-corrected chi connectivity index (χ0v) is 22.1. The standard InChI is InChI=1S/C29H31N2.Ir/c1-19(2)26-17-25(24-15-21(5)14-22(6)16-24)18-27(20(3)4)28(26)31-13-12-30-29(31)23-10-8-7-9-11-23;/h7-10,12-20H,1-6H3;/q-1;. The van der Waals surface area contributed by atoms with Crippen molar-refractivity contribution in [2.45, 2.75) is 53.4 Å². The summed E-state index contributed by atoms with van der Waals surface area (Å²) >= 11 is 0. The minimum atomic E-state index is 0. The number of aromatic nitrogens is 2. The first-order valence-corrected chi connectivity index (χ1v) is 11.1. The topological polar surface area (TPSA) is 17.8 Å². The number of rotatable bonds is 5. The largest absolute Gasteiger partial charge is 0.340 e. The first-order chi connectivity index (χ1) is 14.8. The second-order valence-corrected chi connectivity index (χ2v) is 9.09. The van der Waals surface area contributed by atoms with Gasteiger partial charge in [-0.3, -0.25) is 4.98 Å². The molecule has 0 aliphatic rings. The van der Waals surface area contributed by atoms with E-state index in [1.807, 2.05) is 24.4 Å². The molecule has 1 radical (unpaired) electrons. The van der Waals surface area contributed by atoms with Gasteiger partial charge in [0.2, 0.25) is 0 Å². The summed E-state index contributed by atoms with van der Waals surface area (Å²) in [6.07, 6.45) is 3.97. The number of hydrogen-bond acceptors (Lipinski definition) is 1. The maximum absolute atomic E-state index is 4.70. The van der Waals surface area contributed by atoms with Gasteiger partial charge in [-0.05, 0) is 60.1 Å². The van der Waals surface area contributed by atoms with Crippen LogP contribution in [0.1, 0.15) is 61.8 Å². The molecule has 4 aromatic rings. The molecule has 0 atom stereocenters. The van der Waals surface area contributed by atoms with E-state index in [2.05, 4.69) is 94.8 Å². The van der Waals surface area contributed by atoms with Crippen molar-refractivity contribution >= 4 is 0 Å². The Labute approximate surface area is 206 Å². The summed E-state index contributed by atoms with van der Waals surface area (Å²) in [5.41, 5.74) is 10.1. The molecule has 0 spiro atoms.